The van der Waals surface area contributed by atoms with Gasteiger partial charge in [0.1, 0.15) is 0 Å². The van der Waals surface area contributed by atoms with Crippen LogP contribution in [0.4, 0.5) is 0 Å². The second-order valence-corrected chi connectivity index (χ2v) is 14.3. The van der Waals surface area contributed by atoms with Gasteiger partial charge in [0, 0.05) is 18.6 Å². The minimum absolute atomic E-state index is 0.0474. The predicted octanol–water partition coefficient (Wildman–Crippen LogP) is 3.19. The molecule has 1 unspecified atom stereocenters. The normalized spacial score (nSPS) is 32.5. The maximum atomic E-state index is 11.9. The predicted molar refractivity (Wildman–Crippen MR) is 90.4 cm³/mol. The number of hydrogen-bond donors (Lipinski definition) is 1. The van der Waals surface area contributed by atoms with Crippen molar-refractivity contribution >= 4 is 18.6 Å². The highest BCUT2D eigenvalue weighted by molar-refractivity contribution is 7.84. The molecule has 1 heterocycles. The fourth-order valence-electron chi connectivity index (χ4n) is 3.10. The molecular weight excluding hydrogens is 318 g/mol. The van der Waals surface area contributed by atoms with Gasteiger partial charge in [-0.2, -0.15) is 13.1 Å². The summed E-state index contributed by atoms with van der Waals surface area (Å²) < 4.78 is 37.9. The van der Waals surface area contributed by atoms with E-state index in [2.05, 4.69) is 38.6 Å². The van der Waals surface area contributed by atoms with Gasteiger partial charge in [0.05, 0.1) is 6.10 Å². The summed E-state index contributed by atoms with van der Waals surface area (Å²) in [6.45, 7) is 11.7. The van der Waals surface area contributed by atoms with Crippen molar-refractivity contribution in [3.63, 3.8) is 0 Å². The summed E-state index contributed by atoms with van der Waals surface area (Å²) in [5, 5.41) is 0.176. The van der Waals surface area contributed by atoms with Crippen LogP contribution in [0.3, 0.4) is 0 Å². The van der Waals surface area contributed by atoms with Gasteiger partial charge in [0.15, 0.2) is 8.32 Å². The topological polar surface area (TPSA) is 64.6 Å². The molecule has 130 valence electrons. The van der Waals surface area contributed by atoms with Crippen molar-refractivity contribution in [3.8, 4) is 0 Å². The van der Waals surface area contributed by atoms with Gasteiger partial charge in [-0.25, -0.2) is 0 Å². The molecule has 0 amide bonds. The van der Waals surface area contributed by atoms with Gasteiger partial charge >= 0.3 is 10.3 Å². The molecule has 0 aromatic rings. The highest BCUT2D eigenvalue weighted by atomic mass is 32.2. The van der Waals surface area contributed by atoms with Gasteiger partial charge in [0.2, 0.25) is 0 Å². The summed E-state index contributed by atoms with van der Waals surface area (Å²) in [6, 6.07) is -0.0474. The van der Waals surface area contributed by atoms with E-state index in [1.807, 2.05) is 0 Å². The van der Waals surface area contributed by atoms with Crippen LogP contribution in [-0.2, 0) is 18.9 Å². The molecule has 0 aromatic heterocycles. The highest BCUT2D eigenvalue weighted by Crippen LogP contribution is 2.38. The van der Waals surface area contributed by atoms with Crippen LogP contribution < -0.4 is 4.72 Å². The molecule has 0 radical (unpaired) electrons. The van der Waals surface area contributed by atoms with Crippen molar-refractivity contribution in [1.82, 2.24) is 4.72 Å². The molecule has 2 aliphatic rings. The van der Waals surface area contributed by atoms with Crippen LogP contribution in [0.5, 0.6) is 0 Å². The molecule has 1 aliphatic heterocycles. The van der Waals surface area contributed by atoms with Gasteiger partial charge < -0.3 is 4.43 Å². The Morgan fingerprint density at radius 1 is 1.23 bits per heavy atom. The van der Waals surface area contributed by atoms with Crippen LogP contribution >= 0.6 is 0 Å². The number of rotatable bonds is 4. The molecule has 22 heavy (non-hydrogen) atoms. The van der Waals surface area contributed by atoms with Crippen molar-refractivity contribution in [3.05, 3.63) is 0 Å². The molecule has 1 N–H and O–H groups in total. The number of nitrogens with one attached hydrogen (secondary N) is 1. The molecule has 0 bridgehead atoms. The van der Waals surface area contributed by atoms with Crippen LogP contribution in [0.2, 0.25) is 18.1 Å². The van der Waals surface area contributed by atoms with E-state index >= 15 is 0 Å². The van der Waals surface area contributed by atoms with Crippen LogP contribution in [0, 0.1) is 5.92 Å². The van der Waals surface area contributed by atoms with E-state index in [4.69, 9.17) is 8.61 Å². The molecule has 3 atom stereocenters. The maximum absolute atomic E-state index is 11.9. The molecule has 0 aromatic carbocycles. The zero-order valence-electron chi connectivity index (χ0n) is 14.5. The molecule has 1 saturated heterocycles. The van der Waals surface area contributed by atoms with E-state index in [1.54, 1.807) is 0 Å². The van der Waals surface area contributed by atoms with Gasteiger partial charge in [0.25, 0.3) is 0 Å². The van der Waals surface area contributed by atoms with Crippen LogP contribution in [0.25, 0.3) is 0 Å². The fourth-order valence-corrected chi connectivity index (χ4v) is 5.44. The first-order chi connectivity index (χ1) is 10.0. The highest BCUT2D eigenvalue weighted by Gasteiger charge is 2.42. The van der Waals surface area contributed by atoms with Gasteiger partial charge in [-0.1, -0.05) is 33.6 Å². The average Bonchev–Trinajstić information content (AvgIpc) is 2.35. The van der Waals surface area contributed by atoms with E-state index in [9.17, 15) is 8.42 Å². The molecule has 2 fully saturated rings. The maximum Gasteiger partial charge on any atom is 0.336 e. The average molecular weight is 350 g/mol. The minimum atomic E-state index is -3.59. The first-order valence-electron chi connectivity index (χ1n) is 8.36. The monoisotopic (exact) mass is 349 g/mol. The number of hydrogen-bond acceptors (Lipinski definition) is 4. The second kappa shape index (κ2) is 6.51. The lowest BCUT2D eigenvalue weighted by atomic mass is 9.81. The Balaban J connectivity index is 1.95. The Labute approximate surface area is 136 Å². The summed E-state index contributed by atoms with van der Waals surface area (Å²) in [6.07, 6.45) is 4.70. The first kappa shape index (κ1) is 18.4. The Morgan fingerprint density at radius 2 is 1.86 bits per heavy atom. The molecule has 0 spiro atoms. The van der Waals surface area contributed by atoms with Crippen molar-refractivity contribution in [2.24, 2.45) is 5.92 Å². The summed E-state index contributed by atoms with van der Waals surface area (Å²) in [5.41, 5.74) is 0. The van der Waals surface area contributed by atoms with Crippen molar-refractivity contribution < 1.29 is 17.0 Å². The zero-order chi connectivity index (χ0) is 16.6. The molecule has 5 nitrogen and oxygen atoms in total. The van der Waals surface area contributed by atoms with Gasteiger partial charge in [-0.15, -0.1) is 0 Å². The Hall–Kier alpha value is 0.0469. The van der Waals surface area contributed by atoms with Gasteiger partial charge in [-0.05, 0) is 37.4 Å². The third kappa shape index (κ3) is 4.32. The van der Waals surface area contributed by atoms with E-state index in [1.165, 1.54) is 0 Å². The lowest BCUT2D eigenvalue weighted by Crippen LogP contribution is -2.54. The summed E-state index contributed by atoms with van der Waals surface area (Å²) in [7, 11) is -5.37. The molecule has 1 saturated carbocycles. The molecular formula is C15H31NO4SSi. The third-order valence-electron chi connectivity index (χ3n) is 5.51. The van der Waals surface area contributed by atoms with Crippen LogP contribution in [-0.4, -0.2) is 35.5 Å². The molecule has 2 rings (SSSR count). The fraction of sp³-hybridized carbons (Fsp3) is 1.00. The van der Waals surface area contributed by atoms with Crippen LogP contribution in [0.15, 0.2) is 0 Å². The first-order valence-corrected chi connectivity index (χ1v) is 12.7. The van der Waals surface area contributed by atoms with Crippen molar-refractivity contribution in [2.45, 2.75) is 83.2 Å². The second-order valence-electron chi connectivity index (χ2n) is 8.16. The lowest BCUT2D eigenvalue weighted by molar-refractivity contribution is 0.0485. The van der Waals surface area contributed by atoms with E-state index < -0.39 is 18.6 Å². The Bertz CT molecular complexity index is 486. The minimum Gasteiger partial charge on any atom is -0.417 e. The Kier molecular flexibility index (Phi) is 5.44. The van der Waals surface area contributed by atoms with E-state index in [0.29, 0.717) is 12.5 Å². The lowest BCUT2D eigenvalue weighted by Gasteiger charge is -2.41. The zero-order valence-corrected chi connectivity index (χ0v) is 16.3. The quantitative estimate of drug-likeness (QED) is 0.792. The smallest absolute Gasteiger partial charge is 0.336 e. The third-order valence-corrected chi connectivity index (χ3v) is 11.1. The van der Waals surface area contributed by atoms with Crippen LogP contribution in [0.1, 0.15) is 52.9 Å². The van der Waals surface area contributed by atoms with E-state index in [-0.39, 0.29) is 17.2 Å². The summed E-state index contributed by atoms with van der Waals surface area (Å²) in [5.74, 6) is 0.292. The van der Waals surface area contributed by atoms with Crippen molar-refractivity contribution in [1.29, 1.82) is 0 Å². The number of fused-ring (bicyclic) bond motifs is 1. The molecule has 1 aliphatic carbocycles. The van der Waals surface area contributed by atoms with Crippen molar-refractivity contribution in [2.75, 3.05) is 6.61 Å². The summed E-state index contributed by atoms with van der Waals surface area (Å²) >= 11 is 0. The SMILES string of the molecule is CC(C)(C)[Si](C)(C)OCC[C@@H]1NS(=O)(=O)O[C@@H]2CCCCC12. The largest absolute Gasteiger partial charge is 0.417 e. The molecule has 7 heteroatoms. The summed E-state index contributed by atoms with van der Waals surface area (Å²) in [4.78, 5) is 0. The standard InChI is InChI=1S/C15H31NO4SSi/c1-15(2,3)22(4,5)19-11-10-13-12-8-6-7-9-14(12)20-21(17,18)16-13/h12-14,16H,6-11H2,1-5H3/t12?,13-,14+/m0/s1. The van der Waals surface area contributed by atoms with E-state index in [0.717, 1.165) is 32.1 Å². The Morgan fingerprint density at radius 3 is 2.50 bits per heavy atom. The van der Waals surface area contributed by atoms with Gasteiger partial charge in [-0.3, -0.25) is 4.18 Å².